The fourth-order valence-electron chi connectivity index (χ4n) is 3.32. The number of fused-ring (bicyclic) bond motifs is 1. The predicted octanol–water partition coefficient (Wildman–Crippen LogP) is 3.34. The molecule has 3 aromatic rings. The van der Waals surface area contributed by atoms with Crippen molar-refractivity contribution in [3.05, 3.63) is 59.3 Å². The molecule has 6 heteroatoms. The van der Waals surface area contributed by atoms with E-state index in [1.165, 1.54) is 0 Å². The summed E-state index contributed by atoms with van der Waals surface area (Å²) >= 11 is 0. The molecular weight excluding hydrogens is 340 g/mol. The number of aryl methyl sites for hydroxylation is 2. The van der Waals surface area contributed by atoms with Crippen LogP contribution in [0.25, 0.3) is 11.0 Å². The van der Waals surface area contributed by atoms with Crippen LogP contribution in [0.4, 0.5) is 11.5 Å². The first-order valence-electron chi connectivity index (χ1n) is 9.10. The molecule has 1 aromatic heterocycles. The number of nitrogens with zero attached hydrogens (tertiary/aromatic N) is 3. The summed E-state index contributed by atoms with van der Waals surface area (Å²) in [7, 11) is 0. The average Bonchev–Trinajstić information content (AvgIpc) is 2.70. The Morgan fingerprint density at radius 1 is 0.963 bits per heavy atom. The number of rotatable bonds is 3. The quantitative estimate of drug-likeness (QED) is 0.774. The highest BCUT2D eigenvalue weighted by atomic mass is 16.5. The van der Waals surface area contributed by atoms with Crippen LogP contribution in [0.2, 0.25) is 0 Å². The van der Waals surface area contributed by atoms with E-state index < -0.39 is 0 Å². The fraction of sp³-hybridized carbons (Fsp3) is 0.286. The lowest BCUT2D eigenvalue weighted by Gasteiger charge is -2.29. The van der Waals surface area contributed by atoms with Crippen molar-refractivity contribution in [1.29, 1.82) is 0 Å². The Hall–Kier alpha value is -2.99. The van der Waals surface area contributed by atoms with Gasteiger partial charge in [-0.3, -0.25) is 4.79 Å². The molecule has 0 unspecified atom stereocenters. The molecule has 138 valence electrons. The fourth-order valence-corrected chi connectivity index (χ4v) is 3.32. The number of benzene rings is 2. The van der Waals surface area contributed by atoms with Gasteiger partial charge in [0.25, 0.3) is 5.91 Å². The molecule has 0 aliphatic carbocycles. The third-order valence-corrected chi connectivity index (χ3v) is 4.80. The Balaban J connectivity index is 1.77. The minimum absolute atomic E-state index is 0.243. The third kappa shape index (κ3) is 3.48. The molecule has 1 aliphatic rings. The van der Waals surface area contributed by atoms with Crippen LogP contribution in [0.3, 0.4) is 0 Å². The van der Waals surface area contributed by atoms with E-state index in [0.717, 1.165) is 22.3 Å². The van der Waals surface area contributed by atoms with Crippen molar-refractivity contribution in [3.8, 4) is 0 Å². The predicted molar refractivity (Wildman–Crippen MR) is 106 cm³/mol. The highest BCUT2D eigenvalue weighted by Gasteiger charge is 2.23. The van der Waals surface area contributed by atoms with E-state index in [4.69, 9.17) is 9.72 Å². The number of aromatic nitrogens is 2. The molecule has 6 nitrogen and oxygen atoms in total. The molecule has 1 fully saturated rings. The summed E-state index contributed by atoms with van der Waals surface area (Å²) in [5.41, 5.74) is 4.70. The first-order chi connectivity index (χ1) is 13.1. The second kappa shape index (κ2) is 7.32. The maximum atomic E-state index is 13.2. The number of ether oxygens (including phenoxy) is 1. The van der Waals surface area contributed by atoms with Crippen LogP contribution in [-0.2, 0) is 4.74 Å². The summed E-state index contributed by atoms with van der Waals surface area (Å²) in [4.78, 5) is 24.6. The largest absolute Gasteiger partial charge is 0.378 e. The summed E-state index contributed by atoms with van der Waals surface area (Å²) < 4.78 is 5.45. The molecule has 1 N–H and O–H groups in total. The van der Waals surface area contributed by atoms with Gasteiger partial charge >= 0.3 is 0 Å². The number of hydrogen-bond acceptors (Lipinski definition) is 5. The van der Waals surface area contributed by atoms with E-state index in [0.29, 0.717) is 43.3 Å². The van der Waals surface area contributed by atoms with Crippen molar-refractivity contribution < 1.29 is 9.53 Å². The SMILES string of the molecule is Cc1cccc(C)c1NC(=O)c1nc2ccccc2nc1N1CCOCC1. The molecule has 0 radical (unpaired) electrons. The lowest BCUT2D eigenvalue weighted by molar-refractivity contribution is 0.101. The maximum absolute atomic E-state index is 13.2. The number of nitrogens with one attached hydrogen (secondary N) is 1. The van der Waals surface area contributed by atoms with Gasteiger partial charge < -0.3 is 15.0 Å². The maximum Gasteiger partial charge on any atom is 0.278 e. The van der Waals surface area contributed by atoms with Gasteiger partial charge in [-0.15, -0.1) is 0 Å². The first kappa shape index (κ1) is 17.4. The van der Waals surface area contributed by atoms with Gasteiger partial charge in [-0.1, -0.05) is 30.3 Å². The monoisotopic (exact) mass is 362 g/mol. The van der Waals surface area contributed by atoms with Crippen LogP contribution in [0.1, 0.15) is 21.6 Å². The minimum Gasteiger partial charge on any atom is -0.378 e. The van der Waals surface area contributed by atoms with Gasteiger partial charge in [-0.25, -0.2) is 9.97 Å². The van der Waals surface area contributed by atoms with Gasteiger partial charge in [0, 0.05) is 18.8 Å². The molecule has 0 spiro atoms. The van der Waals surface area contributed by atoms with E-state index in [1.54, 1.807) is 0 Å². The van der Waals surface area contributed by atoms with Gasteiger partial charge in [-0.2, -0.15) is 0 Å². The summed E-state index contributed by atoms with van der Waals surface area (Å²) in [5, 5.41) is 3.04. The molecule has 1 amide bonds. The van der Waals surface area contributed by atoms with E-state index in [9.17, 15) is 4.79 Å². The summed E-state index contributed by atoms with van der Waals surface area (Å²) in [5.74, 6) is 0.368. The standard InChI is InChI=1S/C21H22N4O2/c1-14-6-5-7-15(2)18(14)24-21(26)19-20(25-10-12-27-13-11-25)23-17-9-4-3-8-16(17)22-19/h3-9H,10-13H2,1-2H3,(H,24,26). The Kier molecular flexibility index (Phi) is 4.73. The van der Waals surface area contributed by atoms with Crippen LogP contribution in [0.15, 0.2) is 42.5 Å². The number of para-hydroxylation sites is 3. The molecule has 1 aliphatic heterocycles. The number of morpholine rings is 1. The van der Waals surface area contributed by atoms with Crippen molar-refractivity contribution in [2.24, 2.45) is 0 Å². The van der Waals surface area contributed by atoms with E-state index in [2.05, 4.69) is 15.2 Å². The van der Waals surface area contributed by atoms with E-state index in [1.807, 2.05) is 56.3 Å². The normalized spacial score (nSPS) is 14.4. The molecule has 0 saturated carbocycles. The Bertz CT molecular complexity index is 976. The molecule has 27 heavy (non-hydrogen) atoms. The smallest absolute Gasteiger partial charge is 0.278 e. The van der Waals surface area contributed by atoms with Crippen molar-refractivity contribution in [2.75, 3.05) is 36.5 Å². The van der Waals surface area contributed by atoms with Gasteiger partial charge in [0.15, 0.2) is 11.5 Å². The number of hydrogen-bond donors (Lipinski definition) is 1. The summed E-state index contributed by atoms with van der Waals surface area (Å²) in [6.07, 6.45) is 0. The minimum atomic E-state index is -0.243. The second-order valence-electron chi connectivity index (χ2n) is 6.70. The highest BCUT2D eigenvalue weighted by Crippen LogP contribution is 2.25. The van der Waals surface area contributed by atoms with Crippen LogP contribution in [0, 0.1) is 13.8 Å². The van der Waals surface area contributed by atoms with Crippen molar-refractivity contribution in [3.63, 3.8) is 0 Å². The summed E-state index contributed by atoms with van der Waals surface area (Å²) in [6, 6.07) is 13.6. The molecule has 0 bridgehead atoms. The molecule has 0 atom stereocenters. The number of carbonyl (C=O) groups is 1. The van der Waals surface area contributed by atoms with Crippen molar-refractivity contribution in [2.45, 2.75) is 13.8 Å². The van der Waals surface area contributed by atoms with Crippen LogP contribution in [0.5, 0.6) is 0 Å². The topological polar surface area (TPSA) is 67.4 Å². The zero-order chi connectivity index (χ0) is 18.8. The lowest BCUT2D eigenvalue weighted by atomic mass is 10.1. The molecule has 4 rings (SSSR count). The Morgan fingerprint density at radius 3 is 2.26 bits per heavy atom. The van der Waals surface area contributed by atoms with Gasteiger partial charge in [0.2, 0.25) is 0 Å². The van der Waals surface area contributed by atoms with Crippen molar-refractivity contribution in [1.82, 2.24) is 9.97 Å². The average molecular weight is 362 g/mol. The Morgan fingerprint density at radius 2 is 1.59 bits per heavy atom. The number of anilines is 2. The molecule has 1 saturated heterocycles. The first-order valence-corrected chi connectivity index (χ1v) is 9.10. The van der Waals surface area contributed by atoms with E-state index >= 15 is 0 Å². The second-order valence-corrected chi connectivity index (χ2v) is 6.70. The van der Waals surface area contributed by atoms with Gasteiger partial charge in [0.05, 0.1) is 24.2 Å². The van der Waals surface area contributed by atoms with Crippen LogP contribution in [-0.4, -0.2) is 42.2 Å². The van der Waals surface area contributed by atoms with Gasteiger partial charge in [0.1, 0.15) is 0 Å². The van der Waals surface area contributed by atoms with Crippen LogP contribution < -0.4 is 10.2 Å². The highest BCUT2D eigenvalue weighted by molar-refractivity contribution is 6.07. The van der Waals surface area contributed by atoms with Crippen LogP contribution >= 0.6 is 0 Å². The lowest BCUT2D eigenvalue weighted by Crippen LogP contribution is -2.38. The molecule has 2 heterocycles. The molecule has 2 aromatic carbocycles. The summed E-state index contributed by atoms with van der Waals surface area (Å²) in [6.45, 7) is 6.58. The van der Waals surface area contributed by atoms with Gasteiger partial charge in [-0.05, 0) is 37.1 Å². The van der Waals surface area contributed by atoms with E-state index in [-0.39, 0.29) is 5.91 Å². The zero-order valence-corrected chi connectivity index (χ0v) is 15.5. The number of amides is 1. The zero-order valence-electron chi connectivity index (χ0n) is 15.5. The Labute approximate surface area is 158 Å². The third-order valence-electron chi connectivity index (χ3n) is 4.80. The van der Waals surface area contributed by atoms with Crippen molar-refractivity contribution >= 4 is 28.4 Å². The molecular formula is C21H22N4O2. The number of carbonyl (C=O) groups excluding carboxylic acids is 1.